The smallest absolute Gasteiger partial charge is 0.308 e. The van der Waals surface area contributed by atoms with Crippen LogP contribution in [0.15, 0.2) is 146 Å². The molecule has 0 radical (unpaired) electrons. The van der Waals surface area contributed by atoms with Crippen LogP contribution in [-0.4, -0.2) is 23.0 Å². The van der Waals surface area contributed by atoms with Crippen molar-refractivity contribution in [2.45, 2.75) is 40.4 Å². The van der Waals surface area contributed by atoms with Gasteiger partial charge in [-0.3, -0.25) is 4.90 Å². The highest BCUT2D eigenvalue weighted by molar-refractivity contribution is 6.01. The molecule has 6 aromatic rings. The molecule has 0 aliphatic carbocycles. The van der Waals surface area contributed by atoms with Crippen LogP contribution in [0.5, 0.6) is 0 Å². The number of nitrogens with one attached hydrogen (secondary N) is 6. The van der Waals surface area contributed by atoms with E-state index in [1.807, 2.05) is 166 Å². The Hall–Kier alpha value is -6.91. The normalized spacial score (nSPS) is 10.7. The van der Waals surface area contributed by atoms with Crippen LogP contribution < -0.4 is 31.9 Å². The molecule has 278 valence electrons. The molecule has 0 saturated carbocycles. The van der Waals surface area contributed by atoms with Gasteiger partial charge in [0.1, 0.15) is 0 Å². The minimum absolute atomic E-state index is 0.329. The van der Waals surface area contributed by atoms with Crippen molar-refractivity contribution >= 4 is 52.2 Å². The molecule has 0 saturated heterocycles. The van der Waals surface area contributed by atoms with E-state index in [1.54, 1.807) is 0 Å². The zero-order chi connectivity index (χ0) is 38.6. The monoisotopic (exact) mass is 731 g/mol. The first kappa shape index (κ1) is 37.8. The van der Waals surface area contributed by atoms with Crippen molar-refractivity contribution in [2.24, 2.45) is 0 Å². The van der Waals surface area contributed by atoms with Gasteiger partial charge in [-0.1, -0.05) is 89.5 Å². The Labute approximate surface area is 322 Å². The molecular formula is C45H45N7O3. The van der Waals surface area contributed by atoms with E-state index in [0.29, 0.717) is 53.8 Å². The van der Waals surface area contributed by atoms with Crippen LogP contribution in [0.3, 0.4) is 0 Å². The summed E-state index contributed by atoms with van der Waals surface area (Å²) in [6.07, 6.45) is 0. The number of amides is 6. The number of benzene rings is 6. The van der Waals surface area contributed by atoms with Gasteiger partial charge in [0.15, 0.2) is 0 Å². The topological polar surface area (TPSA) is 127 Å². The van der Waals surface area contributed by atoms with Gasteiger partial charge in [0, 0.05) is 53.8 Å². The molecular weight excluding hydrogens is 687 g/mol. The molecule has 6 rings (SSSR count). The summed E-state index contributed by atoms with van der Waals surface area (Å²) in [6.45, 7) is 7.64. The van der Waals surface area contributed by atoms with Crippen LogP contribution in [-0.2, 0) is 19.6 Å². The van der Waals surface area contributed by atoms with Gasteiger partial charge >= 0.3 is 18.1 Å². The van der Waals surface area contributed by atoms with Gasteiger partial charge in [-0.2, -0.15) is 0 Å². The first-order chi connectivity index (χ1) is 26.6. The van der Waals surface area contributed by atoms with Crippen LogP contribution >= 0.6 is 0 Å². The number of aryl methyl sites for hydroxylation is 3. The summed E-state index contributed by atoms with van der Waals surface area (Å²) >= 11 is 0. The van der Waals surface area contributed by atoms with Crippen molar-refractivity contribution in [3.05, 3.63) is 179 Å². The molecule has 0 aliphatic rings. The van der Waals surface area contributed by atoms with Crippen LogP contribution in [0.25, 0.3) is 0 Å². The molecule has 6 amide bonds. The molecule has 0 aromatic heterocycles. The summed E-state index contributed by atoms with van der Waals surface area (Å²) < 4.78 is 0. The Balaban J connectivity index is 1.16. The van der Waals surface area contributed by atoms with Crippen molar-refractivity contribution in [3.8, 4) is 0 Å². The van der Waals surface area contributed by atoms with E-state index in [-0.39, 0.29) is 18.1 Å². The van der Waals surface area contributed by atoms with E-state index in [9.17, 15) is 14.4 Å². The summed E-state index contributed by atoms with van der Waals surface area (Å²) in [4.78, 5) is 40.8. The molecule has 6 N–H and O–H groups in total. The van der Waals surface area contributed by atoms with Gasteiger partial charge in [-0.05, 0) is 110 Å². The fourth-order valence-corrected chi connectivity index (χ4v) is 5.98. The number of carbonyl (C=O) groups excluding carboxylic acids is 3. The highest BCUT2D eigenvalue weighted by Gasteiger charge is 2.13. The molecule has 6 aromatic carbocycles. The maximum absolute atomic E-state index is 12.8. The summed E-state index contributed by atoms with van der Waals surface area (Å²) in [6, 6.07) is 45.2. The molecule has 0 atom stereocenters. The number of rotatable bonds is 12. The van der Waals surface area contributed by atoms with Crippen molar-refractivity contribution < 1.29 is 14.4 Å². The molecule has 0 heterocycles. The quantitative estimate of drug-likeness (QED) is 0.0749. The molecule has 10 nitrogen and oxygen atoms in total. The number of urea groups is 3. The maximum Gasteiger partial charge on any atom is 0.323 e. The number of carbonyl (C=O) groups is 3. The molecule has 0 aliphatic heterocycles. The minimum Gasteiger partial charge on any atom is -0.308 e. The number of nitrogens with zero attached hydrogens (tertiary/aromatic N) is 1. The Morgan fingerprint density at radius 2 is 0.618 bits per heavy atom. The molecule has 55 heavy (non-hydrogen) atoms. The number of hydrogen-bond acceptors (Lipinski definition) is 4. The average Bonchev–Trinajstić information content (AvgIpc) is 3.15. The maximum atomic E-state index is 12.8. The predicted octanol–water partition coefficient (Wildman–Crippen LogP) is 10.7. The first-order valence-electron chi connectivity index (χ1n) is 18.0. The van der Waals surface area contributed by atoms with Gasteiger partial charge in [0.05, 0.1) is 0 Å². The largest absolute Gasteiger partial charge is 0.323 e. The fourth-order valence-electron chi connectivity index (χ4n) is 5.98. The zero-order valence-corrected chi connectivity index (χ0v) is 31.1. The summed E-state index contributed by atoms with van der Waals surface area (Å²) in [7, 11) is 0. The molecule has 0 bridgehead atoms. The van der Waals surface area contributed by atoms with Crippen molar-refractivity contribution in [3.63, 3.8) is 0 Å². The van der Waals surface area contributed by atoms with Crippen molar-refractivity contribution in [2.75, 3.05) is 31.9 Å². The van der Waals surface area contributed by atoms with E-state index in [2.05, 4.69) is 36.8 Å². The average molecular weight is 732 g/mol. The van der Waals surface area contributed by atoms with Crippen molar-refractivity contribution in [1.82, 2.24) is 4.90 Å². The summed E-state index contributed by atoms with van der Waals surface area (Å²) in [5.74, 6) is 0. The highest BCUT2D eigenvalue weighted by Crippen LogP contribution is 2.22. The second-order valence-electron chi connectivity index (χ2n) is 13.6. The highest BCUT2D eigenvalue weighted by atomic mass is 16.2. The standard InChI is InChI=1S/C45H45N7O3/c1-31-13-19-37(20-14-31)46-43(53)49-40-10-4-7-34(25-40)28-52(29-35-8-5-11-41(26-35)50-44(54)47-38-21-15-32(2)16-22-38)30-36-9-6-12-42(27-36)51-45(55)48-39-23-17-33(3)18-24-39/h4-27H,28-30H2,1-3H3,(H2,46,49,53)(H2,47,50,54)(H2,48,51,55). The summed E-state index contributed by atoms with van der Waals surface area (Å²) in [5.41, 5.74) is 10.4. The molecule has 0 fully saturated rings. The van der Waals surface area contributed by atoms with Gasteiger partial charge in [0.2, 0.25) is 0 Å². The van der Waals surface area contributed by atoms with E-state index in [0.717, 1.165) is 33.4 Å². The number of anilines is 6. The minimum atomic E-state index is -0.329. The summed E-state index contributed by atoms with van der Waals surface area (Å²) in [5, 5.41) is 17.5. The number of hydrogen-bond donors (Lipinski definition) is 6. The van der Waals surface area contributed by atoms with Gasteiger partial charge < -0.3 is 31.9 Å². The Kier molecular flexibility index (Phi) is 12.5. The zero-order valence-electron chi connectivity index (χ0n) is 31.1. The lowest BCUT2D eigenvalue weighted by atomic mass is 10.1. The van der Waals surface area contributed by atoms with Crippen LogP contribution in [0.4, 0.5) is 48.5 Å². The third kappa shape index (κ3) is 12.1. The molecule has 10 heteroatoms. The first-order valence-corrected chi connectivity index (χ1v) is 18.0. The fraction of sp³-hybridized carbons (Fsp3) is 0.133. The van der Waals surface area contributed by atoms with E-state index >= 15 is 0 Å². The van der Waals surface area contributed by atoms with Crippen LogP contribution in [0, 0.1) is 20.8 Å². The van der Waals surface area contributed by atoms with E-state index in [1.165, 1.54) is 0 Å². The van der Waals surface area contributed by atoms with Crippen molar-refractivity contribution in [1.29, 1.82) is 0 Å². The Bertz CT molecular complexity index is 1980. The van der Waals surface area contributed by atoms with E-state index < -0.39 is 0 Å². The predicted molar refractivity (Wildman–Crippen MR) is 224 cm³/mol. The van der Waals surface area contributed by atoms with Crippen LogP contribution in [0.2, 0.25) is 0 Å². The lowest BCUT2D eigenvalue weighted by Gasteiger charge is -2.24. The molecule has 0 unspecified atom stereocenters. The third-order valence-corrected chi connectivity index (χ3v) is 8.70. The van der Waals surface area contributed by atoms with Gasteiger partial charge in [-0.25, -0.2) is 14.4 Å². The van der Waals surface area contributed by atoms with Gasteiger partial charge in [0.25, 0.3) is 0 Å². The van der Waals surface area contributed by atoms with Gasteiger partial charge in [-0.15, -0.1) is 0 Å². The van der Waals surface area contributed by atoms with Crippen LogP contribution in [0.1, 0.15) is 33.4 Å². The lowest BCUT2D eigenvalue weighted by molar-refractivity contribution is 0.248. The second-order valence-corrected chi connectivity index (χ2v) is 13.6. The SMILES string of the molecule is Cc1ccc(NC(=O)Nc2cccc(CN(Cc3cccc(NC(=O)Nc4ccc(C)cc4)c3)Cc3cccc(NC(=O)Nc4ccc(C)cc4)c3)c2)cc1. The Morgan fingerprint density at radius 3 is 0.891 bits per heavy atom. The second kappa shape index (κ2) is 18.2. The third-order valence-electron chi connectivity index (χ3n) is 8.70. The lowest BCUT2D eigenvalue weighted by Crippen LogP contribution is -2.24. The Morgan fingerprint density at radius 1 is 0.364 bits per heavy atom. The molecule has 0 spiro atoms. The van der Waals surface area contributed by atoms with E-state index in [4.69, 9.17) is 0 Å².